The van der Waals surface area contributed by atoms with Crippen LogP contribution in [-0.4, -0.2) is 33.4 Å². The summed E-state index contributed by atoms with van der Waals surface area (Å²) in [6.45, 7) is 2.71. The van der Waals surface area contributed by atoms with Gasteiger partial charge in [-0.3, -0.25) is 0 Å². The summed E-state index contributed by atoms with van der Waals surface area (Å²) in [5.41, 5.74) is 6.45. The van der Waals surface area contributed by atoms with Crippen molar-refractivity contribution < 1.29 is 9.47 Å². The number of ether oxygens (including phenoxy) is 2. The molecule has 1 rings (SSSR count). The number of benzene rings is 1. The Labute approximate surface area is 96.7 Å². The Morgan fingerprint density at radius 2 is 2.06 bits per heavy atom. The van der Waals surface area contributed by atoms with Crippen LogP contribution in [0.1, 0.15) is 6.42 Å². The van der Waals surface area contributed by atoms with Gasteiger partial charge in [0.1, 0.15) is 12.4 Å². The molecular weight excluding hydrogens is 204 g/mol. The first-order valence-electron chi connectivity index (χ1n) is 5.53. The average molecular weight is 224 g/mol. The van der Waals surface area contributed by atoms with Crippen LogP contribution >= 0.6 is 0 Å². The molecule has 0 saturated carbocycles. The second-order valence-electron chi connectivity index (χ2n) is 3.41. The number of hydrogen-bond acceptors (Lipinski definition) is 4. The highest BCUT2D eigenvalue weighted by atomic mass is 16.5. The number of rotatable bonds is 8. The van der Waals surface area contributed by atoms with E-state index in [4.69, 9.17) is 15.2 Å². The average Bonchev–Trinajstić information content (AvgIpc) is 2.32. The highest BCUT2D eigenvalue weighted by Crippen LogP contribution is 2.23. The molecule has 16 heavy (non-hydrogen) atoms. The van der Waals surface area contributed by atoms with E-state index in [2.05, 4.69) is 5.32 Å². The van der Waals surface area contributed by atoms with Crippen LogP contribution < -0.4 is 15.8 Å². The van der Waals surface area contributed by atoms with Gasteiger partial charge >= 0.3 is 0 Å². The number of anilines is 1. The quantitative estimate of drug-likeness (QED) is 0.657. The maximum Gasteiger partial charge on any atom is 0.142 e. The predicted molar refractivity (Wildman–Crippen MR) is 66.0 cm³/mol. The molecule has 0 atom stereocenters. The van der Waals surface area contributed by atoms with Gasteiger partial charge in [0, 0.05) is 13.7 Å². The number of hydrogen-bond donors (Lipinski definition) is 2. The molecule has 90 valence electrons. The summed E-state index contributed by atoms with van der Waals surface area (Å²) in [5, 5.41) is 3.30. The normalized spacial score (nSPS) is 10.1. The van der Waals surface area contributed by atoms with Gasteiger partial charge in [0.25, 0.3) is 0 Å². The SMILES string of the molecule is COCCOc1ccccc1NCCCN. The van der Waals surface area contributed by atoms with Crippen LogP contribution in [0, 0.1) is 0 Å². The Morgan fingerprint density at radius 3 is 2.81 bits per heavy atom. The van der Waals surface area contributed by atoms with E-state index in [9.17, 15) is 0 Å². The highest BCUT2D eigenvalue weighted by molar-refractivity contribution is 5.56. The van der Waals surface area contributed by atoms with Crippen molar-refractivity contribution in [3.63, 3.8) is 0 Å². The smallest absolute Gasteiger partial charge is 0.142 e. The van der Waals surface area contributed by atoms with Crippen molar-refractivity contribution in [1.29, 1.82) is 0 Å². The van der Waals surface area contributed by atoms with Crippen LogP contribution in [0.15, 0.2) is 24.3 Å². The first kappa shape index (κ1) is 12.8. The summed E-state index contributed by atoms with van der Waals surface area (Å²) in [5.74, 6) is 0.858. The molecule has 0 aliphatic rings. The Morgan fingerprint density at radius 1 is 1.25 bits per heavy atom. The number of nitrogens with one attached hydrogen (secondary N) is 1. The van der Waals surface area contributed by atoms with Crippen molar-refractivity contribution in [2.24, 2.45) is 5.73 Å². The van der Waals surface area contributed by atoms with Gasteiger partial charge in [-0.2, -0.15) is 0 Å². The zero-order valence-corrected chi connectivity index (χ0v) is 9.74. The third-order valence-electron chi connectivity index (χ3n) is 2.13. The van der Waals surface area contributed by atoms with Gasteiger partial charge in [0.15, 0.2) is 0 Å². The Bertz CT molecular complexity index is 263. The minimum absolute atomic E-state index is 0.562. The van der Waals surface area contributed by atoms with Crippen molar-refractivity contribution >= 4 is 5.69 Å². The molecule has 0 fully saturated rings. The molecule has 0 aliphatic heterocycles. The Hall–Kier alpha value is -1.26. The second-order valence-corrected chi connectivity index (χ2v) is 3.41. The molecule has 0 unspecified atom stereocenters. The summed E-state index contributed by atoms with van der Waals surface area (Å²) in [6.07, 6.45) is 0.951. The first-order valence-corrected chi connectivity index (χ1v) is 5.53. The van der Waals surface area contributed by atoms with Gasteiger partial charge in [-0.15, -0.1) is 0 Å². The number of nitrogens with two attached hydrogens (primary N) is 1. The van der Waals surface area contributed by atoms with Crippen LogP contribution in [0.2, 0.25) is 0 Å². The molecule has 0 aromatic heterocycles. The monoisotopic (exact) mass is 224 g/mol. The Balaban J connectivity index is 2.46. The van der Waals surface area contributed by atoms with Crippen molar-refractivity contribution in [1.82, 2.24) is 0 Å². The van der Waals surface area contributed by atoms with Gasteiger partial charge in [0.2, 0.25) is 0 Å². The lowest BCUT2D eigenvalue weighted by molar-refractivity contribution is 0.146. The molecule has 3 N–H and O–H groups in total. The summed E-state index contributed by atoms with van der Waals surface area (Å²) in [7, 11) is 1.66. The largest absolute Gasteiger partial charge is 0.489 e. The molecule has 0 bridgehead atoms. The maximum atomic E-state index is 5.59. The zero-order chi connectivity index (χ0) is 11.6. The standard InChI is InChI=1S/C12H20N2O2/c1-15-9-10-16-12-6-3-2-5-11(12)14-8-4-7-13/h2-3,5-6,14H,4,7-10,13H2,1H3. The number of methoxy groups -OCH3 is 1. The van der Waals surface area contributed by atoms with E-state index >= 15 is 0 Å². The van der Waals surface area contributed by atoms with Crippen molar-refractivity contribution in [3.05, 3.63) is 24.3 Å². The number of para-hydroxylation sites is 2. The third kappa shape index (κ3) is 4.51. The molecule has 4 nitrogen and oxygen atoms in total. The van der Waals surface area contributed by atoms with Crippen LogP contribution in [0.4, 0.5) is 5.69 Å². The van der Waals surface area contributed by atoms with Crippen LogP contribution in [-0.2, 0) is 4.74 Å². The molecule has 1 aromatic carbocycles. The van der Waals surface area contributed by atoms with Gasteiger partial charge < -0.3 is 20.5 Å². The predicted octanol–water partition coefficient (Wildman–Crippen LogP) is 1.47. The molecule has 0 saturated heterocycles. The maximum absolute atomic E-state index is 5.59. The van der Waals surface area contributed by atoms with Crippen LogP contribution in [0.25, 0.3) is 0 Å². The lowest BCUT2D eigenvalue weighted by Gasteiger charge is -2.12. The molecule has 0 spiro atoms. The molecule has 0 amide bonds. The fourth-order valence-corrected chi connectivity index (χ4v) is 1.30. The molecule has 1 aromatic rings. The van der Waals surface area contributed by atoms with Gasteiger partial charge in [0.05, 0.1) is 12.3 Å². The van der Waals surface area contributed by atoms with Gasteiger partial charge in [-0.25, -0.2) is 0 Å². The van der Waals surface area contributed by atoms with Crippen molar-refractivity contribution in [2.45, 2.75) is 6.42 Å². The second kappa shape index (κ2) is 7.96. The van der Waals surface area contributed by atoms with E-state index in [1.165, 1.54) is 0 Å². The van der Waals surface area contributed by atoms with Crippen molar-refractivity contribution in [3.8, 4) is 5.75 Å². The zero-order valence-electron chi connectivity index (χ0n) is 9.74. The van der Waals surface area contributed by atoms with E-state index in [0.717, 1.165) is 24.4 Å². The molecule has 0 aliphatic carbocycles. The first-order chi connectivity index (χ1) is 7.88. The van der Waals surface area contributed by atoms with E-state index < -0.39 is 0 Å². The molecule has 4 heteroatoms. The lowest BCUT2D eigenvalue weighted by atomic mass is 10.3. The summed E-state index contributed by atoms with van der Waals surface area (Å²) >= 11 is 0. The van der Waals surface area contributed by atoms with E-state index in [1.807, 2.05) is 24.3 Å². The van der Waals surface area contributed by atoms with E-state index in [0.29, 0.717) is 19.8 Å². The highest BCUT2D eigenvalue weighted by Gasteiger charge is 2.01. The fourth-order valence-electron chi connectivity index (χ4n) is 1.30. The summed E-state index contributed by atoms with van der Waals surface area (Å²) in [6, 6.07) is 7.88. The molecular formula is C12H20N2O2. The molecule has 0 radical (unpaired) electrons. The van der Waals surface area contributed by atoms with E-state index in [1.54, 1.807) is 7.11 Å². The van der Waals surface area contributed by atoms with Gasteiger partial charge in [-0.1, -0.05) is 12.1 Å². The fraction of sp³-hybridized carbons (Fsp3) is 0.500. The van der Waals surface area contributed by atoms with E-state index in [-0.39, 0.29) is 0 Å². The summed E-state index contributed by atoms with van der Waals surface area (Å²) < 4.78 is 10.5. The molecule has 0 heterocycles. The Kier molecular flexibility index (Phi) is 6.37. The van der Waals surface area contributed by atoms with Gasteiger partial charge in [-0.05, 0) is 25.1 Å². The minimum atomic E-state index is 0.562. The van der Waals surface area contributed by atoms with Crippen LogP contribution in [0.3, 0.4) is 0 Å². The lowest BCUT2D eigenvalue weighted by Crippen LogP contribution is -2.10. The summed E-state index contributed by atoms with van der Waals surface area (Å²) in [4.78, 5) is 0. The third-order valence-corrected chi connectivity index (χ3v) is 2.13. The van der Waals surface area contributed by atoms with Crippen molar-refractivity contribution in [2.75, 3.05) is 38.7 Å². The topological polar surface area (TPSA) is 56.5 Å². The van der Waals surface area contributed by atoms with Crippen LogP contribution in [0.5, 0.6) is 5.75 Å². The minimum Gasteiger partial charge on any atom is -0.489 e.